The van der Waals surface area contributed by atoms with Gasteiger partial charge in [0.15, 0.2) is 0 Å². The van der Waals surface area contributed by atoms with E-state index < -0.39 is 10.0 Å². The molecule has 27 heavy (non-hydrogen) atoms. The SMILES string of the molecule is Cc1cnc2c(S(=O)(=O)NCCCn3cnc4ccccc43)cccc2c1. The van der Waals surface area contributed by atoms with E-state index in [4.69, 9.17) is 0 Å². The average Bonchev–Trinajstić information content (AvgIpc) is 3.08. The zero-order chi connectivity index (χ0) is 18.9. The van der Waals surface area contributed by atoms with Crippen LogP contribution in [0.2, 0.25) is 0 Å². The van der Waals surface area contributed by atoms with Crippen LogP contribution in [0.15, 0.2) is 66.0 Å². The molecule has 0 bridgehead atoms. The van der Waals surface area contributed by atoms with Gasteiger partial charge >= 0.3 is 0 Å². The molecule has 0 fully saturated rings. The molecule has 0 saturated carbocycles. The summed E-state index contributed by atoms with van der Waals surface area (Å²) in [6.45, 7) is 2.97. The number of aryl methyl sites for hydroxylation is 2. The van der Waals surface area contributed by atoms with Gasteiger partial charge in [0, 0.05) is 24.7 Å². The molecule has 0 unspecified atom stereocenters. The first-order chi connectivity index (χ1) is 13.0. The summed E-state index contributed by atoms with van der Waals surface area (Å²) >= 11 is 0. The summed E-state index contributed by atoms with van der Waals surface area (Å²) in [5.74, 6) is 0. The van der Waals surface area contributed by atoms with Gasteiger partial charge < -0.3 is 4.57 Å². The van der Waals surface area contributed by atoms with Crippen molar-refractivity contribution < 1.29 is 8.42 Å². The predicted molar refractivity (Wildman–Crippen MR) is 106 cm³/mol. The predicted octanol–water partition coefficient (Wildman–Crippen LogP) is 3.26. The molecule has 2 aromatic carbocycles. The third kappa shape index (κ3) is 3.56. The van der Waals surface area contributed by atoms with Crippen LogP contribution < -0.4 is 4.72 Å². The molecule has 7 heteroatoms. The van der Waals surface area contributed by atoms with Crippen LogP contribution in [0.4, 0.5) is 0 Å². The molecule has 138 valence electrons. The minimum atomic E-state index is -3.62. The molecule has 0 amide bonds. The Morgan fingerprint density at radius 2 is 1.93 bits per heavy atom. The second-order valence-corrected chi connectivity index (χ2v) is 8.25. The summed E-state index contributed by atoms with van der Waals surface area (Å²) in [5, 5.41) is 0.822. The van der Waals surface area contributed by atoms with Gasteiger partial charge in [-0.05, 0) is 43.2 Å². The van der Waals surface area contributed by atoms with E-state index in [1.165, 1.54) is 0 Å². The van der Waals surface area contributed by atoms with E-state index in [0.717, 1.165) is 22.0 Å². The Hall–Kier alpha value is -2.77. The van der Waals surface area contributed by atoms with Crippen molar-refractivity contribution in [2.75, 3.05) is 6.54 Å². The smallest absolute Gasteiger partial charge is 0.242 e. The molecule has 0 aliphatic carbocycles. The van der Waals surface area contributed by atoms with E-state index in [9.17, 15) is 8.42 Å². The first kappa shape index (κ1) is 17.6. The highest BCUT2D eigenvalue weighted by Crippen LogP contribution is 2.21. The lowest BCUT2D eigenvalue weighted by Gasteiger charge is -2.10. The van der Waals surface area contributed by atoms with Crippen molar-refractivity contribution in [2.24, 2.45) is 0 Å². The quantitative estimate of drug-likeness (QED) is 0.521. The highest BCUT2D eigenvalue weighted by atomic mass is 32.2. The Bertz CT molecular complexity index is 1220. The molecule has 0 radical (unpaired) electrons. The number of pyridine rings is 1. The molecule has 0 spiro atoms. The first-order valence-electron chi connectivity index (χ1n) is 8.79. The fourth-order valence-electron chi connectivity index (χ4n) is 3.18. The normalized spacial score (nSPS) is 12.0. The van der Waals surface area contributed by atoms with E-state index in [0.29, 0.717) is 25.0 Å². The Labute approximate surface area is 157 Å². The van der Waals surface area contributed by atoms with E-state index in [1.807, 2.05) is 47.9 Å². The third-order valence-electron chi connectivity index (χ3n) is 4.50. The number of hydrogen-bond acceptors (Lipinski definition) is 4. The van der Waals surface area contributed by atoms with Gasteiger partial charge in [0.1, 0.15) is 4.90 Å². The number of aromatic nitrogens is 3. The number of nitrogens with one attached hydrogen (secondary N) is 1. The topological polar surface area (TPSA) is 76.9 Å². The maximum Gasteiger partial charge on any atom is 0.242 e. The number of nitrogens with zero attached hydrogens (tertiary/aromatic N) is 3. The van der Waals surface area contributed by atoms with E-state index in [-0.39, 0.29) is 4.90 Å². The second-order valence-electron chi connectivity index (χ2n) is 6.52. The highest BCUT2D eigenvalue weighted by Gasteiger charge is 2.17. The van der Waals surface area contributed by atoms with Crippen molar-refractivity contribution >= 4 is 32.0 Å². The fraction of sp³-hybridized carbons (Fsp3) is 0.200. The Kier molecular flexibility index (Phi) is 4.63. The van der Waals surface area contributed by atoms with Gasteiger partial charge in [-0.25, -0.2) is 18.1 Å². The van der Waals surface area contributed by atoms with Crippen molar-refractivity contribution in [1.82, 2.24) is 19.3 Å². The highest BCUT2D eigenvalue weighted by molar-refractivity contribution is 7.89. The standard InChI is InChI=1S/C20H20N4O2S/c1-15-12-16-6-4-9-19(20(16)21-13-15)27(25,26)23-10-5-11-24-14-22-17-7-2-3-8-18(17)24/h2-4,6-9,12-14,23H,5,10-11H2,1H3. The zero-order valence-electron chi connectivity index (χ0n) is 15.0. The molecule has 2 heterocycles. The number of rotatable bonds is 6. The molecule has 6 nitrogen and oxygen atoms in total. The summed E-state index contributed by atoms with van der Waals surface area (Å²) in [5.41, 5.74) is 3.48. The summed E-state index contributed by atoms with van der Waals surface area (Å²) in [6.07, 6.45) is 4.14. The number of hydrogen-bond donors (Lipinski definition) is 1. The number of para-hydroxylation sites is 3. The second kappa shape index (κ2) is 7.09. The van der Waals surface area contributed by atoms with Gasteiger partial charge in [-0.3, -0.25) is 4.98 Å². The summed E-state index contributed by atoms with van der Waals surface area (Å²) in [4.78, 5) is 8.89. The molecule has 4 aromatic rings. The minimum Gasteiger partial charge on any atom is -0.331 e. The molecular formula is C20H20N4O2S. The molecule has 0 saturated heterocycles. The van der Waals surface area contributed by atoms with Crippen LogP contribution in [0.3, 0.4) is 0 Å². The van der Waals surface area contributed by atoms with Crippen molar-refractivity contribution in [3.63, 3.8) is 0 Å². The largest absolute Gasteiger partial charge is 0.331 e. The van der Waals surface area contributed by atoms with Crippen LogP contribution in [-0.2, 0) is 16.6 Å². The van der Waals surface area contributed by atoms with E-state index in [2.05, 4.69) is 14.7 Å². The molecular weight excluding hydrogens is 360 g/mol. The zero-order valence-corrected chi connectivity index (χ0v) is 15.8. The van der Waals surface area contributed by atoms with E-state index >= 15 is 0 Å². The first-order valence-corrected chi connectivity index (χ1v) is 10.3. The van der Waals surface area contributed by atoms with Crippen LogP contribution in [0.1, 0.15) is 12.0 Å². The maximum atomic E-state index is 12.7. The lowest BCUT2D eigenvalue weighted by atomic mass is 10.2. The Morgan fingerprint density at radius 3 is 2.81 bits per heavy atom. The van der Waals surface area contributed by atoms with Crippen molar-refractivity contribution in [3.05, 3.63) is 66.6 Å². The van der Waals surface area contributed by atoms with E-state index in [1.54, 1.807) is 24.7 Å². The number of sulfonamides is 1. The Morgan fingerprint density at radius 1 is 1.07 bits per heavy atom. The van der Waals surface area contributed by atoms with Crippen LogP contribution in [-0.4, -0.2) is 29.5 Å². The number of imidazole rings is 1. The fourth-order valence-corrected chi connectivity index (χ4v) is 4.43. The van der Waals surface area contributed by atoms with Gasteiger partial charge in [0.05, 0.1) is 22.9 Å². The van der Waals surface area contributed by atoms with Gasteiger partial charge in [-0.15, -0.1) is 0 Å². The summed E-state index contributed by atoms with van der Waals surface area (Å²) in [7, 11) is -3.62. The van der Waals surface area contributed by atoms with Crippen LogP contribution in [0, 0.1) is 6.92 Å². The monoisotopic (exact) mass is 380 g/mol. The molecule has 0 aliphatic heterocycles. The lowest BCUT2D eigenvalue weighted by Crippen LogP contribution is -2.26. The van der Waals surface area contributed by atoms with Crippen LogP contribution in [0.25, 0.3) is 21.9 Å². The summed E-state index contributed by atoms with van der Waals surface area (Å²) in [6, 6.07) is 15.0. The molecule has 0 aliphatic rings. The van der Waals surface area contributed by atoms with Crippen molar-refractivity contribution in [1.29, 1.82) is 0 Å². The average molecular weight is 380 g/mol. The number of fused-ring (bicyclic) bond motifs is 2. The van der Waals surface area contributed by atoms with Crippen molar-refractivity contribution in [3.8, 4) is 0 Å². The van der Waals surface area contributed by atoms with Gasteiger partial charge in [-0.1, -0.05) is 24.3 Å². The summed E-state index contributed by atoms with van der Waals surface area (Å²) < 4.78 is 30.2. The van der Waals surface area contributed by atoms with Gasteiger partial charge in [-0.2, -0.15) is 0 Å². The molecule has 2 aromatic heterocycles. The van der Waals surface area contributed by atoms with Gasteiger partial charge in [0.2, 0.25) is 10.0 Å². The molecule has 4 rings (SSSR count). The maximum absolute atomic E-state index is 12.7. The molecule has 1 N–H and O–H groups in total. The third-order valence-corrected chi connectivity index (χ3v) is 5.99. The number of benzene rings is 2. The van der Waals surface area contributed by atoms with Crippen LogP contribution in [0.5, 0.6) is 0 Å². The lowest BCUT2D eigenvalue weighted by molar-refractivity contribution is 0.572. The minimum absolute atomic E-state index is 0.216. The van der Waals surface area contributed by atoms with Crippen LogP contribution >= 0.6 is 0 Å². The van der Waals surface area contributed by atoms with Gasteiger partial charge in [0.25, 0.3) is 0 Å². The molecule has 0 atom stereocenters. The Balaban J connectivity index is 1.46. The van der Waals surface area contributed by atoms with Crippen molar-refractivity contribution in [2.45, 2.75) is 24.8 Å².